The SMILES string of the molecule is CCOC(=O)C=COC(C)C. The highest BCUT2D eigenvalue weighted by atomic mass is 16.5. The van der Waals surface area contributed by atoms with Crippen molar-refractivity contribution in [2.24, 2.45) is 0 Å². The smallest absolute Gasteiger partial charge is 0.333 e. The monoisotopic (exact) mass is 158 g/mol. The van der Waals surface area contributed by atoms with Gasteiger partial charge in [0.1, 0.15) is 0 Å². The van der Waals surface area contributed by atoms with E-state index in [1.54, 1.807) is 6.92 Å². The Morgan fingerprint density at radius 2 is 2.18 bits per heavy atom. The molecule has 0 N–H and O–H groups in total. The van der Waals surface area contributed by atoms with Gasteiger partial charge in [-0.25, -0.2) is 4.79 Å². The van der Waals surface area contributed by atoms with Crippen LogP contribution in [0.25, 0.3) is 0 Å². The molecule has 0 amide bonds. The van der Waals surface area contributed by atoms with Crippen molar-refractivity contribution in [3.05, 3.63) is 12.3 Å². The van der Waals surface area contributed by atoms with E-state index in [0.717, 1.165) is 0 Å². The summed E-state index contributed by atoms with van der Waals surface area (Å²) < 4.78 is 9.60. The average molecular weight is 158 g/mol. The van der Waals surface area contributed by atoms with Gasteiger partial charge in [-0.15, -0.1) is 0 Å². The molecular weight excluding hydrogens is 144 g/mol. The van der Waals surface area contributed by atoms with Crippen molar-refractivity contribution in [3.8, 4) is 0 Å². The van der Waals surface area contributed by atoms with Gasteiger partial charge < -0.3 is 9.47 Å². The largest absolute Gasteiger partial charge is 0.498 e. The standard InChI is InChI=1S/C8H14O3/c1-4-10-8(9)5-6-11-7(2)3/h5-7H,4H2,1-3H3. The molecule has 64 valence electrons. The Morgan fingerprint density at radius 1 is 1.55 bits per heavy atom. The minimum absolute atomic E-state index is 0.0978. The maximum absolute atomic E-state index is 10.6. The van der Waals surface area contributed by atoms with E-state index in [-0.39, 0.29) is 12.1 Å². The predicted molar refractivity (Wildman–Crippen MR) is 42.0 cm³/mol. The van der Waals surface area contributed by atoms with Gasteiger partial charge in [0.05, 0.1) is 25.0 Å². The van der Waals surface area contributed by atoms with Gasteiger partial charge in [0.2, 0.25) is 0 Å². The third kappa shape index (κ3) is 6.90. The van der Waals surface area contributed by atoms with Crippen LogP contribution in [0, 0.1) is 0 Å². The van der Waals surface area contributed by atoms with Crippen LogP contribution in [-0.4, -0.2) is 18.7 Å². The molecule has 0 spiro atoms. The minimum atomic E-state index is -0.367. The van der Waals surface area contributed by atoms with Gasteiger partial charge >= 0.3 is 5.97 Å². The summed E-state index contributed by atoms with van der Waals surface area (Å²) in [4.78, 5) is 10.6. The highest BCUT2D eigenvalue weighted by molar-refractivity contribution is 5.81. The van der Waals surface area contributed by atoms with Gasteiger partial charge in [-0.3, -0.25) is 0 Å². The predicted octanol–water partition coefficient (Wildman–Crippen LogP) is 1.49. The summed E-state index contributed by atoms with van der Waals surface area (Å²) in [6, 6.07) is 0. The second kappa shape index (κ2) is 5.77. The molecule has 3 heteroatoms. The topological polar surface area (TPSA) is 35.5 Å². The minimum Gasteiger partial charge on any atom is -0.498 e. The molecule has 0 aromatic heterocycles. The summed E-state index contributed by atoms with van der Waals surface area (Å²) in [7, 11) is 0. The Balaban J connectivity index is 3.48. The molecule has 0 atom stereocenters. The lowest BCUT2D eigenvalue weighted by Crippen LogP contribution is -2.01. The lowest BCUT2D eigenvalue weighted by molar-refractivity contribution is -0.137. The van der Waals surface area contributed by atoms with Gasteiger partial charge in [0.15, 0.2) is 0 Å². The van der Waals surface area contributed by atoms with Crippen LogP contribution >= 0.6 is 0 Å². The summed E-state index contributed by atoms with van der Waals surface area (Å²) in [6.45, 7) is 5.92. The van der Waals surface area contributed by atoms with Crippen LogP contribution in [0.3, 0.4) is 0 Å². The zero-order valence-electron chi connectivity index (χ0n) is 7.16. The van der Waals surface area contributed by atoms with E-state index in [4.69, 9.17) is 4.74 Å². The molecule has 0 rings (SSSR count). The Morgan fingerprint density at radius 3 is 2.64 bits per heavy atom. The highest BCUT2D eigenvalue weighted by Gasteiger charge is 1.93. The second-order valence-corrected chi connectivity index (χ2v) is 2.24. The zero-order chi connectivity index (χ0) is 8.69. The molecule has 11 heavy (non-hydrogen) atoms. The van der Waals surface area contributed by atoms with Crippen molar-refractivity contribution in [2.45, 2.75) is 26.9 Å². The van der Waals surface area contributed by atoms with Gasteiger partial charge in [-0.05, 0) is 20.8 Å². The average Bonchev–Trinajstić information content (AvgIpc) is 1.87. The lowest BCUT2D eigenvalue weighted by atomic mass is 10.5. The Hall–Kier alpha value is -0.990. The van der Waals surface area contributed by atoms with Crippen LogP contribution in [-0.2, 0) is 14.3 Å². The van der Waals surface area contributed by atoms with E-state index in [2.05, 4.69) is 4.74 Å². The van der Waals surface area contributed by atoms with E-state index >= 15 is 0 Å². The summed E-state index contributed by atoms with van der Waals surface area (Å²) >= 11 is 0. The fraction of sp³-hybridized carbons (Fsp3) is 0.625. The molecule has 0 fully saturated rings. The number of carbonyl (C=O) groups excluding carboxylic acids is 1. The highest BCUT2D eigenvalue weighted by Crippen LogP contribution is 1.89. The fourth-order valence-electron chi connectivity index (χ4n) is 0.442. The third-order valence-electron chi connectivity index (χ3n) is 0.841. The van der Waals surface area contributed by atoms with Crippen molar-refractivity contribution in [3.63, 3.8) is 0 Å². The third-order valence-corrected chi connectivity index (χ3v) is 0.841. The van der Waals surface area contributed by atoms with E-state index in [1.165, 1.54) is 12.3 Å². The van der Waals surface area contributed by atoms with E-state index in [0.29, 0.717) is 6.61 Å². The van der Waals surface area contributed by atoms with E-state index in [1.807, 2.05) is 13.8 Å². The summed E-state index contributed by atoms with van der Waals surface area (Å²) in [5.41, 5.74) is 0. The maximum atomic E-state index is 10.6. The van der Waals surface area contributed by atoms with E-state index in [9.17, 15) is 4.79 Å². The molecule has 0 radical (unpaired) electrons. The molecule has 0 aromatic rings. The number of rotatable bonds is 4. The van der Waals surface area contributed by atoms with Crippen molar-refractivity contribution in [1.29, 1.82) is 0 Å². The number of esters is 1. The number of carbonyl (C=O) groups is 1. The first-order valence-corrected chi connectivity index (χ1v) is 3.65. The Labute approximate surface area is 67.0 Å². The van der Waals surface area contributed by atoms with Crippen LogP contribution in [0.15, 0.2) is 12.3 Å². The number of hydrogen-bond donors (Lipinski definition) is 0. The molecule has 0 aliphatic rings. The van der Waals surface area contributed by atoms with Gasteiger partial charge in [0, 0.05) is 0 Å². The molecular formula is C8H14O3. The van der Waals surface area contributed by atoms with Crippen molar-refractivity contribution < 1.29 is 14.3 Å². The van der Waals surface area contributed by atoms with Crippen LogP contribution in [0.2, 0.25) is 0 Å². The molecule has 0 aliphatic heterocycles. The van der Waals surface area contributed by atoms with Gasteiger partial charge in [0.25, 0.3) is 0 Å². The lowest BCUT2D eigenvalue weighted by Gasteiger charge is -2.02. The first kappa shape index (κ1) is 10.0. The van der Waals surface area contributed by atoms with Crippen LogP contribution in [0.5, 0.6) is 0 Å². The van der Waals surface area contributed by atoms with Crippen molar-refractivity contribution in [2.75, 3.05) is 6.61 Å². The molecule has 0 unspecified atom stereocenters. The first-order valence-electron chi connectivity index (χ1n) is 3.65. The van der Waals surface area contributed by atoms with Gasteiger partial charge in [-0.2, -0.15) is 0 Å². The Bertz CT molecular complexity index is 138. The van der Waals surface area contributed by atoms with Crippen molar-refractivity contribution in [1.82, 2.24) is 0 Å². The van der Waals surface area contributed by atoms with Crippen LogP contribution in [0.4, 0.5) is 0 Å². The molecule has 3 nitrogen and oxygen atoms in total. The Kier molecular flexibility index (Phi) is 5.25. The summed E-state index contributed by atoms with van der Waals surface area (Å²) in [5, 5.41) is 0. The van der Waals surface area contributed by atoms with Crippen molar-refractivity contribution >= 4 is 5.97 Å². The maximum Gasteiger partial charge on any atom is 0.333 e. The van der Waals surface area contributed by atoms with E-state index < -0.39 is 0 Å². The summed E-state index contributed by atoms with van der Waals surface area (Å²) in [6.07, 6.45) is 2.72. The molecule has 0 saturated heterocycles. The van der Waals surface area contributed by atoms with Gasteiger partial charge in [-0.1, -0.05) is 0 Å². The quantitative estimate of drug-likeness (QED) is 0.353. The van der Waals surface area contributed by atoms with Crippen LogP contribution < -0.4 is 0 Å². The summed E-state index contributed by atoms with van der Waals surface area (Å²) in [5.74, 6) is -0.367. The zero-order valence-corrected chi connectivity index (χ0v) is 7.16. The van der Waals surface area contributed by atoms with Crippen LogP contribution in [0.1, 0.15) is 20.8 Å². The molecule has 0 aromatic carbocycles. The first-order chi connectivity index (χ1) is 5.16. The molecule has 0 heterocycles. The number of hydrogen-bond acceptors (Lipinski definition) is 3. The molecule has 0 bridgehead atoms. The molecule has 0 aliphatic carbocycles. The number of ether oxygens (including phenoxy) is 2. The fourth-order valence-corrected chi connectivity index (χ4v) is 0.442. The normalized spacial score (nSPS) is 10.5. The molecule has 0 saturated carbocycles. The second-order valence-electron chi connectivity index (χ2n) is 2.24.